The summed E-state index contributed by atoms with van der Waals surface area (Å²) in [5.74, 6) is 0.183. The van der Waals surface area contributed by atoms with Crippen LogP contribution in [0.25, 0.3) is 84.5 Å². The largest absolute Gasteiger partial charge is 0.456 e. The predicted octanol–water partition coefficient (Wildman–Crippen LogP) is 10.1. The van der Waals surface area contributed by atoms with Crippen LogP contribution in [0.3, 0.4) is 0 Å². The minimum atomic E-state index is 0.183. The number of aromatic nitrogens is 4. The zero-order valence-electron chi connectivity index (χ0n) is 28.2. The Morgan fingerprint density at radius 3 is 2.25 bits per heavy atom. The molecule has 8 aromatic rings. The molecule has 0 saturated heterocycles. The lowest BCUT2D eigenvalue weighted by Crippen LogP contribution is -2.25. The van der Waals surface area contributed by atoms with E-state index in [1.165, 1.54) is 27.4 Å². The molecule has 0 bridgehead atoms. The van der Waals surface area contributed by atoms with E-state index in [-0.39, 0.29) is 5.92 Å². The van der Waals surface area contributed by atoms with Gasteiger partial charge in [-0.2, -0.15) is 0 Å². The molecule has 9 rings (SSSR count). The number of benzene rings is 3. The standard InChI is InChI=1S/C46H34N4O/c1-3-12-33(13-4-2)50-42-18-6-5-14-35(42)36-26-30(20-22-43(36)50)31-21-23-44-37(27-31)46-34(15-11-19-45(46)51-44)32-28-40(38-16-7-9-24-47-38)49-41(29-32)39-17-8-10-25-48-39/h3-20,22-29,31H,1,21H2,2H3/b13-4-,33-12+. The van der Waals surface area contributed by atoms with Crippen molar-refractivity contribution in [2.45, 2.75) is 19.3 Å². The number of fused-ring (bicyclic) bond motifs is 6. The Morgan fingerprint density at radius 2 is 1.53 bits per heavy atom. The van der Waals surface area contributed by atoms with Gasteiger partial charge >= 0.3 is 0 Å². The smallest absolute Gasteiger partial charge is 0.136 e. The van der Waals surface area contributed by atoms with Gasteiger partial charge in [-0.15, -0.1) is 0 Å². The fraction of sp³-hybridized carbons (Fsp3) is 0.0652. The van der Waals surface area contributed by atoms with Crippen molar-refractivity contribution in [2.75, 3.05) is 0 Å². The highest BCUT2D eigenvalue weighted by Gasteiger charge is 2.20. The van der Waals surface area contributed by atoms with Crippen LogP contribution in [-0.2, 0) is 0 Å². The third kappa shape index (κ3) is 5.31. The van der Waals surface area contributed by atoms with Crippen LogP contribution >= 0.6 is 0 Å². The molecule has 5 aromatic heterocycles. The van der Waals surface area contributed by atoms with E-state index in [9.17, 15) is 0 Å². The molecule has 0 fully saturated rings. The minimum Gasteiger partial charge on any atom is -0.456 e. The average molecular weight is 659 g/mol. The van der Waals surface area contributed by atoms with Crippen LogP contribution < -0.4 is 10.6 Å². The van der Waals surface area contributed by atoms with Crippen LogP contribution in [-0.4, -0.2) is 19.5 Å². The molecule has 0 radical (unpaired) electrons. The van der Waals surface area contributed by atoms with E-state index in [1.54, 1.807) is 12.4 Å². The normalized spacial score (nSPS) is 14.5. The Bertz CT molecular complexity index is 2750. The van der Waals surface area contributed by atoms with Gasteiger partial charge in [0.15, 0.2) is 0 Å². The van der Waals surface area contributed by atoms with E-state index >= 15 is 0 Å². The average Bonchev–Trinajstić information content (AvgIpc) is 3.73. The van der Waals surface area contributed by atoms with Gasteiger partial charge in [0, 0.05) is 45.4 Å². The molecule has 0 spiro atoms. The molecular weight excluding hydrogens is 625 g/mol. The molecule has 0 N–H and O–H groups in total. The second-order valence-electron chi connectivity index (χ2n) is 12.8. The highest BCUT2D eigenvalue weighted by molar-refractivity contribution is 6.10. The first kappa shape index (κ1) is 30.5. The maximum absolute atomic E-state index is 6.52. The van der Waals surface area contributed by atoms with Crippen molar-refractivity contribution in [1.29, 1.82) is 0 Å². The van der Waals surface area contributed by atoms with Crippen molar-refractivity contribution in [3.8, 4) is 33.9 Å². The number of hydrogen-bond donors (Lipinski definition) is 0. The molecule has 0 amide bonds. The molecule has 1 unspecified atom stereocenters. The Kier molecular flexibility index (Phi) is 7.59. The lowest BCUT2D eigenvalue weighted by molar-refractivity contribution is 0.570. The van der Waals surface area contributed by atoms with Gasteiger partial charge in [0.1, 0.15) is 11.0 Å². The first-order valence-electron chi connectivity index (χ1n) is 17.3. The van der Waals surface area contributed by atoms with Crippen molar-refractivity contribution < 1.29 is 4.42 Å². The summed E-state index contributed by atoms with van der Waals surface area (Å²) in [5, 5.41) is 4.69. The zero-order chi connectivity index (χ0) is 34.3. The molecule has 1 aliphatic carbocycles. The van der Waals surface area contributed by atoms with E-state index in [0.29, 0.717) is 0 Å². The third-order valence-electron chi connectivity index (χ3n) is 9.71. The predicted molar refractivity (Wildman–Crippen MR) is 210 cm³/mol. The number of rotatable bonds is 7. The van der Waals surface area contributed by atoms with Gasteiger partial charge in [-0.25, -0.2) is 4.98 Å². The highest BCUT2D eigenvalue weighted by Crippen LogP contribution is 2.37. The van der Waals surface area contributed by atoms with Gasteiger partial charge in [0.25, 0.3) is 0 Å². The Labute approximate surface area is 295 Å². The maximum atomic E-state index is 6.52. The summed E-state index contributed by atoms with van der Waals surface area (Å²) >= 11 is 0. The quantitative estimate of drug-likeness (QED) is 0.160. The van der Waals surface area contributed by atoms with Crippen molar-refractivity contribution >= 4 is 50.6 Å². The number of nitrogens with zero attached hydrogens (tertiary/aromatic N) is 4. The number of furan rings is 1. The van der Waals surface area contributed by atoms with E-state index in [4.69, 9.17) is 9.40 Å². The maximum Gasteiger partial charge on any atom is 0.136 e. The molecule has 0 saturated carbocycles. The fourth-order valence-electron chi connectivity index (χ4n) is 7.46. The van der Waals surface area contributed by atoms with Crippen molar-refractivity contribution in [3.63, 3.8) is 0 Å². The molecule has 3 aromatic carbocycles. The van der Waals surface area contributed by atoms with E-state index in [2.05, 4.69) is 124 Å². The lowest BCUT2D eigenvalue weighted by atomic mass is 9.89. The number of pyridine rings is 3. The zero-order valence-corrected chi connectivity index (χ0v) is 28.2. The van der Waals surface area contributed by atoms with Crippen LogP contribution in [0.1, 0.15) is 24.8 Å². The Hall–Kier alpha value is -6.59. The third-order valence-corrected chi connectivity index (χ3v) is 9.71. The van der Waals surface area contributed by atoms with Gasteiger partial charge in [0.2, 0.25) is 0 Å². The summed E-state index contributed by atoms with van der Waals surface area (Å²) in [6.07, 6.45) is 17.2. The molecule has 5 nitrogen and oxygen atoms in total. The first-order valence-corrected chi connectivity index (χ1v) is 17.3. The topological polar surface area (TPSA) is 56.7 Å². The number of allylic oxidation sites excluding steroid dienone is 5. The summed E-state index contributed by atoms with van der Waals surface area (Å²) in [6.45, 7) is 6.02. The van der Waals surface area contributed by atoms with Gasteiger partial charge in [-0.05, 0) is 109 Å². The fourth-order valence-corrected chi connectivity index (χ4v) is 7.46. The van der Waals surface area contributed by atoms with Crippen LogP contribution in [0.15, 0.2) is 157 Å². The van der Waals surface area contributed by atoms with E-state index in [0.717, 1.165) is 67.6 Å². The summed E-state index contributed by atoms with van der Waals surface area (Å²) in [5.41, 5.74) is 11.8. The molecule has 1 aliphatic rings. The van der Waals surface area contributed by atoms with Gasteiger partial charge in [-0.3, -0.25) is 9.97 Å². The molecule has 244 valence electrons. The highest BCUT2D eigenvalue weighted by atomic mass is 16.3. The van der Waals surface area contributed by atoms with Crippen LogP contribution in [0.5, 0.6) is 0 Å². The van der Waals surface area contributed by atoms with Crippen molar-refractivity contribution in [3.05, 3.63) is 169 Å². The molecule has 5 heterocycles. The summed E-state index contributed by atoms with van der Waals surface area (Å²) < 4.78 is 8.85. The molecule has 5 heteroatoms. The first-order chi connectivity index (χ1) is 25.2. The van der Waals surface area contributed by atoms with E-state index in [1.807, 2.05) is 49.4 Å². The summed E-state index contributed by atoms with van der Waals surface area (Å²) in [4.78, 5) is 14.3. The van der Waals surface area contributed by atoms with Crippen LogP contribution in [0.4, 0.5) is 0 Å². The Morgan fingerprint density at radius 1 is 0.784 bits per heavy atom. The SMILES string of the molecule is C=C/C=C(\C=C/C)n1c2ccccc2c2cc(C3C=c4c(oc5cccc(-c6cc(-c7ccccn7)nc(-c7ccccn7)c6)c45)=CC3)ccc21. The Balaban J connectivity index is 1.21. The summed E-state index contributed by atoms with van der Waals surface area (Å²) in [7, 11) is 0. The van der Waals surface area contributed by atoms with Crippen molar-refractivity contribution in [2.24, 2.45) is 0 Å². The van der Waals surface area contributed by atoms with Crippen LogP contribution in [0, 0.1) is 0 Å². The van der Waals surface area contributed by atoms with E-state index < -0.39 is 0 Å². The van der Waals surface area contributed by atoms with Crippen molar-refractivity contribution in [1.82, 2.24) is 19.5 Å². The van der Waals surface area contributed by atoms with Gasteiger partial charge in [0.05, 0.1) is 33.8 Å². The second kappa shape index (κ2) is 12.7. The molecule has 1 atom stereocenters. The van der Waals surface area contributed by atoms with Gasteiger partial charge < -0.3 is 8.98 Å². The lowest BCUT2D eigenvalue weighted by Gasteiger charge is -2.15. The second-order valence-corrected chi connectivity index (χ2v) is 12.8. The van der Waals surface area contributed by atoms with Gasteiger partial charge in [-0.1, -0.05) is 73.3 Å². The monoisotopic (exact) mass is 658 g/mol. The minimum absolute atomic E-state index is 0.183. The number of para-hydroxylation sites is 1. The molecular formula is C46H34N4O. The van der Waals surface area contributed by atoms with Crippen LogP contribution in [0.2, 0.25) is 0 Å². The summed E-state index contributed by atoms with van der Waals surface area (Å²) in [6, 6.07) is 37.9. The molecule has 0 aliphatic heterocycles. The molecule has 51 heavy (non-hydrogen) atoms. The number of hydrogen-bond acceptors (Lipinski definition) is 4.